The molecule has 0 aliphatic heterocycles. The van der Waals surface area contributed by atoms with E-state index in [4.69, 9.17) is 33.4 Å². The molecular formula is C16H10Cl2N3O+. The van der Waals surface area contributed by atoms with Gasteiger partial charge in [-0.2, -0.15) is 5.26 Å². The van der Waals surface area contributed by atoms with Crippen LogP contribution < -0.4 is 10.7 Å². The van der Waals surface area contributed by atoms with Gasteiger partial charge in [0.25, 0.3) is 5.82 Å². The van der Waals surface area contributed by atoms with E-state index in [2.05, 4.69) is 11.1 Å². The summed E-state index contributed by atoms with van der Waals surface area (Å²) in [6, 6.07) is 12.7. The predicted molar refractivity (Wildman–Crippen MR) is 85.3 cm³/mol. The van der Waals surface area contributed by atoms with E-state index in [0.29, 0.717) is 32.6 Å². The molecule has 0 aliphatic carbocycles. The van der Waals surface area contributed by atoms with Crippen LogP contribution in [-0.4, -0.2) is 0 Å². The molecular weight excluding hydrogens is 321 g/mol. The summed E-state index contributed by atoms with van der Waals surface area (Å²) in [6.07, 6.45) is 1.54. The number of nitrogens with two attached hydrogens (primary N) is 1. The predicted octanol–water partition coefficient (Wildman–Crippen LogP) is 4.19. The van der Waals surface area contributed by atoms with E-state index in [1.54, 1.807) is 36.6 Å². The highest BCUT2D eigenvalue weighted by atomic mass is 35.5. The third-order valence-electron chi connectivity index (χ3n) is 3.23. The maximum Gasteiger partial charge on any atom is 0.289 e. The van der Waals surface area contributed by atoms with Crippen LogP contribution in [0, 0.1) is 11.3 Å². The van der Waals surface area contributed by atoms with E-state index >= 15 is 0 Å². The van der Waals surface area contributed by atoms with Crippen LogP contribution in [0.1, 0.15) is 5.56 Å². The summed E-state index contributed by atoms with van der Waals surface area (Å²) in [5, 5.41) is 10.2. The number of H-pyrrole nitrogens is 1. The first-order valence-electron chi connectivity index (χ1n) is 6.35. The summed E-state index contributed by atoms with van der Waals surface area (Å²) in [4.78, 5) is 3.00. The SMILES string of the molecule is N#Cc1c(-c2ccco2)cc(-c2ccc(Cl)c(Cl)c2)[nH+]c1N. The Hall–Kier alpha value is -2.48. The molecule has 0 saturated heterocycles. The molecule has 3 aromatic rings. The Morgan fingerprint density at radius 1 is 1.14 bits per heavy atom. The van der Waals surface area contributed by atoms with E-state index in [9.17, 15) is 5.26 Å². The first-order valence-corrected chi connectivity index (χ1v) is 7.11. The van der Waals surface area contributed by atoms with Gasteiger partial charge in [0.1, 0.15) is 17.5 Å². The van der Waals surface area contributed by atoms with Crippen LogP contribution >= 0.6 is 23.2 Å². The molecule has 4 nitrogen and oxygen atoms in total. The fourth-order valence-corrected chi connectivity index (χ4v) is 2.47. The number of pyridine rings is 1. The van der Waals surface area contributed by atoms with Gasteiger partial charge in [0.15, 0.2) is 5.56 Å². The van der Waals surface area contributed by atoms with Gasteiger partial charge in [0, 0.05) is 11.1 Å². The lowest BCUT2D eigenvalue weighted by Gasteiger charge is -2.06. The number of aromatic amines is 1. The molecule has 3 rings (SSSR count). The zero-order valence-electron chi connectivity index (χ0n) is 11.2. The summed E-state index contributed by atoms with van der Waals surface area (Å²) in [5.41, 5.74) is 8.43. The van der Waals surface area contributed by atoms with Gasteiger partial charge in [0.2, 0.25) is 0 Å². The number of nitriles is 1. The van der Waals surface area contributed by atoms with Crippen molar-refractivity contribution in [3.63, 3.8) is 0 Å². The second-order valence-corrected chi connectivity index (χ2v) is 5.42. The van der Waals surface area contributed by atoms with Gasteiger partial charge < -0.3 is 4.42 Å². The van der Waals surface area contributed by atoms with Crippen molar-refractivity contribution < 1.29 is 9.40 Å². The Morgan fingerprint density at radius 2 is 1.95 bits per heavy atom. The van der Waals surface area contributed by atoms with Crippen molar-refractivity contribution in [1.82, 2.24) is 0 Å². The molecule has 22 heavy (non-hydrogen) atoms. The molecule has 1 aromatic carbocycles. The number of aromatic nitrogens is 1. The van der Waals surface area contributed by atoms with Crippen molar-refractivity contribution in [2.45, 2.75) is 0 Å². The van der Waals surface area contributed by atoms with Crippen LogP contribution in [0.5, 0.6) is 0 Å². The molecule has 6 heteroatoms. The maximum atomic E-state index is 9.31. The van der Waals surface area contributed by atoms with Gasteiger partial charge in [-0.15, -0.1) is 0 Å². The largest absolute Gasteiger partial charge is 0.464 e. The molecule has 0 radical (unpaired) electrons. The standard InChI is InChI=1S/C16H9Cl2N3O/c17-12-4-3-9(6-13(12)18)14-7-10(15-2-1-5-22-15)11(8-19)16(20)21-14/h1-7H,(H2,20,21)/p+1. The van der Waals surface area contributed by atoms with E-state index in [-0.39, 0.29) is 5.82 Å². The molecule has 3 N–H and O–H groups in total. The quantitative estimate of drug-likeness (QED) is 0.765. The lowest BCUT2D eigenvalue weighted by Crippen LogP contribution is -2.16. The van der Waals surface area contributed by atoms with E-state index in [1.165, 1.54) is 0 Å². The molecule has 0 saturated carbocycles. The number of anilines is 1. The molecule has 2 aromatic heterocycles. The zero-order chi connectivity index (χ0) is 15.7. The third-order valence-corrected chi connectivity index (χ3v) is 3.96. The van der Waals surface area contributed by atoms with E-state index in [0.717, 1.165) is 5.56 Å². The molecule has 0 bridgehead atoms. The normalized spacial score (nSPS) is 10.4. The molecule has 0 amide bonds. The molecule has 0 unspecified atom stereocenters. The first kappa shape index (κ1) is 14.5. The smallest absolute Gasteiger partial charge is 0.289 e. The minimum atomic E-state index is 0.262. The van der Waals surface area contributed by atoms with Gasteiger partial charge >= 0.3 is 0 Å². The summed E-state index contributed by atoms with van der Waals surface area (Å²) in [5.74, 6) is 0.830. The number of halogens is 2. The highest BCUT2D eigenvalue weighted by Gasteiger charge is 2.19. The van der Waals surface area contributed by atoms with E-state index < -0.39 is 0 Å². The van der Waals surface area contributed by atoms with Gasteiger partial charge in [0.05, 0.1) is 16.3 Å². The number of hydrogen-bond acceptors (Lipinski definition) is 3. The summed E-state index contributed by atoms with van der Waals surface area (Å²) < 4.78 is 5.38. The number of rotatable bonds is 2. The van der Waals surface area contributed by atoms with Crippen LogP contribution in [0.4, 0.5) is 5.82 Å². The van der Waals surface area contributed by atoms with Crippen LogP contribution in [0.15, 0.2) is 47.1 Å². The Morgan fingerprint density at radius 3 is 2.59 bits per heavy atom. The summed E-state index contributed by atoms with van der Waals surface area (Å²) >= 11 is 12.0. The molecule has 0 atom stereocenters. The summed E-state index contributed by atoms with van der Waals surface area (Å²) in [7, 11) is 0. The van der Waals surface area contributed by atoms with Crippen LogP contribution in [-0.2, 0) is 0 Å². The van der Waals surface area contributed by atoms with Gasteiger partial charge in [-0.1, -0.05) is 23.2 Å². The second-order valence-electron chi connectivity index (χ2n) is 4.60. The number of nitrogens with one attached hydrogen (secondary N) is 1. The molecule has 0 spiro atoms. The number of benzene rings is 1. The minimum absolute atomic E-state index is 0.262. The van der Waals surface area contributed by atoms with Crippen molar-refractivity contribution in [3.8, 4) is 28.7 Å². The topological polar surface area (TPSA) is 77.1 Å². The number of furan rings is 1. The lowest BCUT2D eigenvalue weighted by molar-refractivity contribution is -0.346. The molecule has 0 fully saturated rings. The highest BCUT2D eigenvalue weighted by Crippen LogP contribution is 2.31. The second kappa shape index (κ2) is 5.72. The average molecular weight is 331 g/mol. The first-order chi connectivity index (χ1) is 10.6. The van der Waals surface area contributed by atoms with Crippen LogP contribution in [0.3, 0.4) is 0 Å². The molecule has 0 aliphatic rings. The van der Waals surface area contributed by atoms with Gasteiger partial charge in [-0.3, -0.25) is 5.73 Å². The van der Waals surface area contributed by atoms with Crippen molar-refractivity contribution in [1.29, 1.82) is 5.26 Å². The van der Waals surface area contributed by atoms with Gasteiger partial charge in [-0.05, 0) is 36.4 Å². The van der Waals surface area contributed by atoms with Crippen LogP contribution in [0.2, 0.25) is 10.0 Å². The van der Waals surface area contributed by atoms with Crippen molar-refractivity contribution in [3.05, 3.63) is 58.3 Å². The van der Waals surface area contributed by atoms with Crippen molar-refractivity contribution >= 4 is 29.0 Å². The number of hydrogen-bond donors (Lipinski definition) is 1. The Kier molecular flexibility index (Phi) is 3.76. The minimum Gasteiger partial charge on any atom is -0.464 e. The Labute approximate surface area is 136 Å². The van der Waals surface area contributed by atoms with Gasteiger partial charge in [-0.25, -0.2) is 4.98 Å². The van der Waals surface area contributed by atoms with E-state index in [1.807, 2.05) is 6.07 Å². The monoisotopic (exact) mass is 330 g/mol. The van der Waals surface area contributed by atoms with Crippen molar-refractivity contribution in [2.24, 2.45) is 0 Å². The lowest BCUT2D eigenvalue weighted by atomic mass is 10.0. The summed E-state index contributed by atoms with van der Waals surface area (Å²) in [6.45, 7) is 0. The maximum absolute atomic E-state index is 9.31. The number of nitrogen functional groups attached to an aromatic ring is 1. The fourth-order valence-electron chi connectivity index (χ4n) is 2.17. The number of nitrogens with zero attached hydrogens (tertiary/aromatic N) is 1. The Balaban J connectivity index is 2.22. The molecule has 108 valence electrons. The average Bonchev–Trinajstić information content (AvgIpc) is 3.03. The molecule has 2 heterocycles. The highest BCUT2D eigenvalue weighted by molar-refractivity contribution is 6.42. The zero-order valence-corrected chi connectivity index (χ0v) is 12.7. The fraction of sp³-hybridized carbons (Fsp3) is 0. The van der Waals surface area contributed by atoms with Crippen LogP contribution in [0.25, 0.3) is 22.6 Å². The Bertz CT molecular complexity index is 883. The van der Waals surface area contributed by atoms with Crippen molar-refractivity contribution in [2.75, 3.05) is 5.73 Å². The third kappa shape index (κ3) is 2.52.